The second-order valence-corrected chi connectivity index (χ2v) is 12.1. The first-order valence-corrected chi connectivity index (χ1v) is 9.95. The molecule has 4 nitrogen and oxygen atoms in total. The monoisotopic (exact) mass is 300 g/mol. The minimum Gasteiger partial charge on any atom is -0.409 e. The zero-order valence-electron chi connectivity index (χ0n) is 13.8. The van der Waals surface area contributed by atoms with Crippen molar-refractivity contribution in [1.82, 2.24) is 0 Å². The highest BCUT2D eigenvalue weighted by Crippen LogP contribution is 2.37. The summed E-state index contributed by atoms with van der Waals surface area (Å²) in [7, 11) is -1.93. The maximum Gasteiger partial charge on any atom is 0.192 e. The molecule has 0 aromatic heterocycles. The molecule has 2 unspecified atom stereocenters. The van der Waals surface area contributed by atoms with Gasteiger partial charge in [0.25, 0.3) is 0 Å². The van der Waals surface area contributed by atoms with Gasteiger partial charge in [-0.2, -0.15) is 0 Å². The fourth-order valence-electron chi connectivity index (χ4n) is 1.76. The average molecular weight is 300 g/mol. The highest BCUT2D eigenvalue weighted by atomic mass is 28.4. The molecule has 1 aliphatic rings. The Morgan fingerprint density at radius 2 is 1.90 bits per heavy atom. The Bertz CT molecular complexity index is 382. The summed E-state index contributed by atoms with van der Waals surface area (Å²) in [6, 6.07) is 0. The molecule has 1 fully saturated rings. The Hall–Kier alpha value is -0.493. The number of carbonyl (C=O) groups is 1. The molecule has 1 aliphatic heterocycles. The van der Waals surface area contributed by atoms with Gasteiger partial charge in [-0.1, -0.05) is 26.8 Å². The lowest BCUT2D eigenvalue weighted by Gasteiger charge is -2.36. The quantitative estimate of drug-likeness (QED) is 0.577. The Kier molecular flexibility index (Phi) is 5.02. The molecule has 1 rings (SSSR count). The summed E-state index contributed by atoms with van der Waals surface area (Å²) < 4.78 is 17.2. The Labute approximate surface area is 123 Å². The lowest BCUT2D eigenvalue weighted by molar-refractivity contribution is -0.154. The molecule has 0 amide bonds. The molecule has 1 heterocycles. The van der Waals surface area contributed by atoms with Gasteiger partial charge in [0, 0.05) is 0 Å². The predicted molar refractivity (Wildman–Crippen MR) is 82.2 cm³/mol. The van der Waals surface area contributed by atoms with Crippen LogP contribution in [0, 0.1) is 0 Å². The van der Waals surface area contributed by atoms with E-state index in [-0.39, 0.29) is 17.4 Å². The second-order valence-electron chi connectivity index (χ2n) is 7.27. The van der Waals surface area contributed by atoms with Crippen LogP contribution in [0.3, 0.4) is 0 Å². The van der Waals surface area contributed by atoms with Crippen molar-refractivity contribution < 1.29 is 18.7 Å². The molecule has 0 aromatic rings. The number of hydrogen-bond donors (Lipinski definition) is 0. The molecule has 5 heteroatoms. The lowest BCUT2D eigenvalue weighted by atomic mass is 10.1. The van der Waals surface area contributed by atoms with Crippen LogP contribution in [0.5, 0.6) is 0 Å². The largest absolute Gasteiger partial charge is 0.409 e. The standard InChI is InChI=1S/C15H28O4Si/c1-9-12-13(19-15(5,6)18-12)11(16)10-17-20(7,8)14(2,3)4/h9,12-13H,1,10H2,2-8H3. The number of rotatable bonds is 5. The van der Waals surface area contributed by atoms with Crippen LogP contribution in [0.1, 0.15) is 34.6 Å². The van der Waals surface area contributed by atoms with Crippen molar-refractivity contribution in [2.45, 2.75) is 70.7 Å². The van der Waals surface area contributed by atoms with Crippen molar-refractivity contribution in [2.24, 2.45) is 0 Å². The fourth-order valence-corrected chi connectivity index (χ4v) is 2.70. The van der Waals surface area contributed by atoms with E-state index < -0.39 is 26.3 Å². The summed E-state index contributed by atoms with van der Waals surface area (Å²) in [5.41, 5.74) is 0. The maximum absolute atomic E-state index is 12.3. The third-order valence-corrected chi connectivity index (χ3v) is 8.54. The summed E-state index contributed by atoms with van der Waals surface area (Å²) >= 11 is 0. The third kappa shape index (κ3) is 4.01. The van der Waals surface area contributed by atoms with E-state index in [1.54, 1.807) is 19.9 Å². The van der Waals surface area contributed by atoms with Gasteiger partial charge >= 0.3 is 0 Å². The highest BCUT2D eigenvalue weighted by Gasteiger charge is 2.44. The minimum atomic E-state index is -1.93. The summed E-state index contributed by atoms with van der Waals surface area (Å²) in [6.07, 6.45) is 0.594. The molecule has 116 valence electrons. The first-order chi connectivity index (χ1) is 8.89. The summed E-state index contributed by atoms with van der Waals surface area (Å²) in [6.45, 7) is 18.1. The number of carbonyl (C=O) groups excluding carboxylic acids is 1. The zero-order valence-corrected chi connectivity index (χ0v) is 14.8. The van der Waals surface area contributed by atoms with Gasteiger partial charge in [-0.05, 0) is 32.0 Å². The second kappa shape index (κ2) is 5.71. The molecule has 0 radical (unpaired) electrons. The molecule has 20 heavy (non-hydrogen) atoms. The number of hydrogen-bond acceptors (Lipinski definition) is 4. The molecule has 2 atom stereocenters. The van der Waals surface area contributed by atoms with Crippen LogP contribution >= 0.6 is 0 Å². The first-order valence-electron chi connectivity index (χ1n) is 7.04. The van der Waals surface area contributed by atoms with Crippen LogP contribution in [-0.2, 0) is 18.7 Å². The van der Waals surface area contributed by atoms with Crippen molar-refractivity contribution in [1.29, 1.82) is 0 Å². The predicted octanol–water partition coefficient (Wildman–Crippen LogP) is 3.28. The van der Waals surface area contributed by atoms with Gasteiger partial charge in [-0.25, -0.2) is 0 Å². The van der Waals surface area contributed by atoms with Crippen LogP contribution in [0.15, 0.2) is 12.7 Å². The van der Waals surface area contributed by atoms with Crippen molar-refractivity contribution in [3.63, 3.8) is 0 Å². The SMILES string of the molecule is C=CC1OC(C)(C)OC1C(=O)CO[Si](C)(C)C(C)(C)C. The van der Waals surface area contributed by atoms with E-state index in [1.807, 2.05) is 0 Å². The topological polar surface area (TPSA) is 44.8 Å². The van der Waals surface area contributed by atoms with Gasteiger partial charge in [-0.3, -0.25) is 4.79 Å². The highest BCUT2D eigenvalue weighted by molar-refractivity contribution is 6.74. The minimum absolute atomic E-state index is 0.0743. The van der Waals surface area contributed by atoms with E-state index in [9.17, 15) is 4.79 Å². The molecule has 0 aliphatic carbocycles. The van der Waals surface area contributed by atoms with E-state index in [2.05, 4.69) is 40.4 Å². The number of ketones is 1. The van der Waals surface area contributed by atoms with Gasteiger partial charge in [0.1, 0.15) is 6.10 Å². The maximum atomic E-state index is 12.3. The van der Waals surface area contributed by atoms with E-state index in [1.165, 1.54) is 0 Å². The first kappa shape index (κ1) is 17.6. The van der Waals surface area contributed by atoms with Crippen molar-refractivity contribution >= 4 is 14.1 Å². The van der Waals surface area contributed by atoms with Gasteiger partial charge in [0.2, 0.25) is 0 Å². The van der Waals surface area contributed by atoms with Crippen LogP contribution < -0.4 is 0 Å². The molecule has 0 spiro atoms. The van der Waals surface area contributed by atoms with Crippen LogP contribution in [-0.4, -0.2) is 38.7 Å². The average Bonchev–Trinajstić information content (AvgIpc) is 2.60. The molecular formula is C15H28O4Si. The fraction of sp³-hybridized carbons (Fsp3) is 0.800. The molecule has 0 N–H and O–H groups in total. The molecule has 0 saturated carbocycles. The van der Waals surface area contributed by atoms with E-state index in [0.717, 1.165) is 0 Å². The zero-order chi connectivity index (χ0) is 15.8. The Morgan fingerprint density at radius 1 is 1.35 bits per heavy atom. The van der Waals surface area contributed by atoms with Crippen molar-refractivity contribution in [2.75, 3.05) is 6.61 Å². The van der Waals surface area contributed by atoms with Crippen LogP contribution in [0.4, 0.5) is 0 Å². The number of Topliss-reactive ketones (excluding diaryl/α,β-unsaturated/α-hetero) is 1. The Balaban J connectivity index is 2.66. The summed E-state index contributed by atoms with van der Waals surface area (Å²) in [5.74, 6) is -0.832. The molecular weight excluding hydrogens is 272 g/mol. The third-order valence-electron chi connectivity index (χ3n) is 4.06. The van der Waals surface area contributed by atoms with Crippen LogP contribution in [0.25, 0.3) is 0 Å². The molecule has 0 aromatic carbocycles. The van der Waals surface area contributed by atoms with Crippen molar-refractivity contribution in [3.05, 3.63) is 12.7 Å². The van der Waals surface area contributed by atoms with E-state index in [0.29, 0.717) is 0 Å². The van der Waals surface area contributed by atoms with Gasteiger partial charge in [0.15, 0.2) is 26.0 Å². The normalized spacial score (nSPS) is 26.6. The van der Waals surface area contributed by atoms with Crippen LogP contribution in [0.2, 0.25) is 18.1 Å². The van der Waals surface area contributed by atoms with Gasteiger partial charge in [0.05, 0.1) is 6.61 Å². The number of ether oxygens (including phenoxy) is 2. The summed E-state index contributed by atoms with van der Waals surface area (Å²) in [5, 5.41) is 0.0808. The van der Waals surface area contributed by atoms with E-state index in [4.69, 9.17) is 13.9 Å². The lowest BCUT2D eigenvalue weighted by Crippen LogP contribution is -2.44. The summed E-state index contributed by atoms with van der Waals surface area (Å²) in [4.78, 5) is 12.3. The van der Waals surface area contributed by atoms with Crippen molar-refractivity contribution in [3.8, 4) is 0 Å². The Morgan fingerprint density at radius 3 is 2.35 bits per heavy atom. The van der Waals surface area contributed by atoms with Gasteiger partial charge in [-0.15, -0.1) is 6.58 Å². The molecule has 1 saturated heterocycles. The molecule has 0 bridgehead atoms. The van der Waals surface area contributed by atoms with Gasteiger partial charge < -0.3 is 13.9 Å². The smallest absolute Gasteiger partial charge is 0.192 e. The van der Waals surface area contributed by atoms with E-state index >= 15 is 0 Å².